The van der Waals surface area contributed by atoms with Gasteiger partial charge < -0.3 is 9.52 Å². The first-order valence-corrected chi connectivity index (χ1v) is 5.57. The van der Waals surface area contributed by atoms with Crippen LogP contribution in [0, 0.1) is 0 Å². The standard InChI is InChI=1S/C15H10O3.Cu/c16-13-11-8-4-5-9-12(11)18-15(14(13)17)10-6-2-1-3-7-10;/h1-9,17H;. The quantitative estimate of drug-likeness (QED) is 0.702. The van der Waals surface area contributed by atoms with E-state index in [9.17, 15) is 9.90 Å². The minimum absolute atomic E-state index is 0. The second kappa shape index (κ2) is 5.31. The first kappa shape index (κ1) is 13.4. The number of aromatic hydroxyl groups is 1. The number of hydrogen-bond acceptors (Lipinski definition) is 3. The first-order chi connectivity index (χ1) is 8.77. The zero-order chi connectivity index (χ0) is 12.5. The van der Waals surface area contributed by atoms with Gasteiger partial charge in [0.25, 0.3) is 0 Å². The molecule has 1 heterocycles. The molecule has 0 aliphatic heterocycles. The number of para-hydroxylation sites is 1. The molecule has 0 aliphatic carbocycles. The fourth-order valence-corrected chi connectivity index (χ4v) is 1.92. The molecule has 0 bridgehead atoms. The van der Waals surface area contributed by atoms with Crippen LogP contribution in [0.1, 0.15) is 0 Å². The van der Waals surface area contributed by atoms with Crippen molar-refractivity contribution in [3.05, 3.63) is 64.8 Å². The topological polar surface area (TPSA) is 50.4 Å². The molecule has 3 nitrogen and oxygen atoms in total. The van der Waals surface area contributed by atoms with Crippen molar-refractivity contribution in [3.63, 3.8) is 0 Å². The van der Waals surface area contributed by atoms with Gasteiger partial charge in [0, 0.05) is 22.6 Å². The molecule has 0 atom stereocenters. The number of benzene rings is 2. The molecular formula is C15H10CuO3. The van der Waals surface area contributed by atoms with Gasteiger partial charge in [-0.05, 0) is 12.1 Å². The van der Waals surface area contributed by atoms with Crippen molar-refractivity contribution in [2.45, 2.75) is 0 Å². The molecule has 1 N–H and O–H groups in total. The summed E-state index contributed by atoms with van der Waals surface area (Å²) in [5.41, 5.74) is 0.743. The molecule has 3 rings (SSSR count). The van der Waals surface area contributed by atoms with E-state index >= 15 is 0 Å². The van der Waals surface area contributed by atoms with Crippen LogP contribution >= 0.6 is 0 Å². The second-order valence-corrected chi connectivity index (χ2v) is 3.97. The Hall–Kier alpha value is -2.03. The van der Waals surface area contributed by atoms with Gasteiger partial charge in [0.2, 0.25) is 11.2 Å². The van der Waals surface area contributed by atoms with Crippen LogP contribution in [-0.2, 0) is 17.1 Å². The fourth-order valence-electron chi connectivity index (χ4n) is 1.92. The third-order valence-corrected chi connectivity index (χ3v) is 2.81. The summed E-state index contributed by atoms with van der Waals surface area (Å²) in [6.07, 6.45) is 0. The largest absolute Gasteiger partial charge is 0.502 e. The van der Waals surface area contributed by atoms with E-state index in [4.69, 9.17) is 4.42 Å². The molecule has 4 heteroatoms. The van der Waals surface area contributed by atoms with E-state index in [0.717, 1.165) is 0 Å². The molecule has 0 saturated heterocycles. The summed E-state index contributed by atoms with van der Waals surface area (Å²) < 4.78 is 5.61. The zero-order valence-electron chi connectivity index (χ0n) is 9.76. The number of hydrogen-bond donors (Lipinski definition) is 1. The normalized spacial score (nSPS) is 10.1. The van der Waals surface area contributed by atoms with Crippen LogP contribution < -0.4 is 5.43 Å². The Morgan fingerprint density at radius 3 is 2.26 bits per heavy atom. The van der Waals surface area contributed by atoms with E-state index in [0.29, 0.717) is 16.5 Å². The summed E-state index contributed by atoms with van der Waals surface area (Å²) in [5, 5.41) is 10.3. The van der Waals surface area contributed by atoms with Crippen molar-refractivity contribution < 1.29 is 26.6 Å². The predicted octanol–water partition coefficient (Wildman–Crippen LogP) is 3.16. The molecular weight excluding hydrogens is 292 g/mol. The first-order valence-electron chi connectivity index (χ1n) is 5.57. The van der Waals surface area contributed by atoms with Crippen molar-refractivity contribution in [1.29, 1.82) is 0 Å². The van der Waals surface area contributed by atoms with Crippen molar-refractivity contribution in [3.8, 4) is 17.1 Å². The Kier molecular flexibility index (Phi) is 3.74. The molecule has 0 spiro atoms. The summed E-state index contributed by atoms with van der Waals surface area (Å²) in [5.74, 6) is -0.140. The molecule has 99 valence electrons. The van der Waals surface area contributed by atoms with Gasteiger partial charge in [-0.15, -0.1) is 0 Å². The molecule has 3 aromatic rings. The van der Waals surface area contributed by atoms with Crippen LogP contribution in [-0.4, -0.2) is 5.11 Å². The summed E-state index contributed by atoms with van der Waals surface area (Å²) in [7, 11) is 0. The molecule has 2 aromatic carbocycles. The molecule has 0 amide bonds. The fraction of sp³-hybridized carbons (Fsp3) is 0. The minimum Gasteiger partial charge on any atom is -0.502 e. The Balaban J connectivity index is 0.00000133. The molecule has 19 heavy (non-hydrogen) atoms. The van der Waals surface area contributed by atoms with Crippen molar-refractivity contribution >= 4 is 11.0 Å². The predicted molar refractivity (Wildman–Crippen MR) is 69.6 cm³/mol. The SMILES string of the molecule is O=c1c(O)c(-c2ccccc2)oc2ccccc12.[Cu]. The molecule has 1 aromatic heterocycles. The van der Waals surface area contributed by atoms with E-state index in [2.05, 4.69) is 0 Å². The minimum atomic E-state index is -0.407. The van der Waals surface area contributed by atoms with Gasteiger partial charge in [0.05, 0.1) is 5.39 Å². The van der Waals surface area contributed by atoms with E-state index in [-0.39, 0.29) is 28.6 Å². The van der Waals surface area contributed by atoms with Crippen LogP contribution in [0.2, 0.25) is 0 Å². The molecule has 1 radical (unpaired) electrons. The Morgan fingerprint density at radius 2 is 1.53 bits per heavy atom. The van der Waals surface area contributed by atoms with Gasteiger partial charge in [-0.25, -0.2) is 0 Å². The molecule has 0 aliphatic rings. The maximum absolute atomic E-state index is 12.0. The summed E-state index contributed by atoms with van der Waals surface area (Å²) in [4.78, 5) is 12.0. The van der Waals surface area contributed by atoms with Crippen LogP contribution in [0.25, 0.3) is 22.3 Å². The smallest absolute Gasteiger partial charge is 0.235 e. The van der Waals surface area contributed by atoms with E-state index in [1.54, 1.807) is 36.4 Å². The van der Waals surface area contributed by atoms with E-state index in [1.165, 1.54) is 0 Å². The second-order valence-electron chi connectivity index (χ2n) is 3.97. The summed E-state index contributed by atoms with van der Waals surface area (Å²) >= 11 is 0. The van der Waals surface area contributed by atoms with Gasteiger partial charge in [-0.3, -0.25) is 4.79 Å². The van der Waals surface area contributed by atoms with Crippen LogP contribution in [0.4, 0.5) is 0 Å². The van der Waals surface area contributed by atoms with E-state index < -0.39 is 5.43 Å². The summed E-state index contributed by atoms with van der Waals surface area (Å²) in [6, 6.07) is 15.9. The average molecular weight is 302 g/mol. The van der Waals surface area contributed by atoms with Gasteiger partial charge >= 0.3 is 0 Å². The van der Waals surface area contributed by atoms with Crippen molar-refractivity contribution in [2.75, 3.05) is 0 Å². The summed E-state index contributed by atoms with van der Waals surface area (Å²) in [6.45, 7) is 0. The van der Waals surface area contributed by atoms with E-state index in [1.807, 2.05) is 18.2 Å². The maximum Gasteiger partial charge on any atom is 0.235 e. The number of rotatable bonds is 1. The van der Waals surface area contributed by atoms with Gasteiger partial charge in [-0.2, -0.15) is 0 Å². The number of fused-ring (bicyclic) bond motifs is 1. The van der Waals surface area contributed by atoms with Gasteiger partial charge in [0.1, 0.15) is 5.58 Å². The molecule has 0 fully saturated rings. The van der Waals surface area contributed by atoms with Crippen molar-refractivity contribution in [1.82, 2.24) is 0 Å². The molecule has 0 unspecified atom stereocenters. The Bertz CT molecular complexity index is 763. The Morgan fingerprint density at radius 1 is 0.895 bits per heavy atom. The van der Waals surface area contributed by atoms with Crippen LogP contribution in [0.15, 0.2) is 63.8 Å². The van der Waals surface area contributed by atoms with Crippen LogP contribution in [0.3, 0.4) is 0 Å². The average Bonchev–Trinajstić information content (AvgIpc) is 2.44. The van der Waals surface area contributed by atoms with Crippen LogP contribution in [0.5, 0.6) is 5.75 Å². The van der Waals surface area contributed by atoms with Gasteiger partial charge in [0.15, 0.2) is 5.76 Å². The van der Waals surface area contributed by atoms with Gasteiger partial charge in [-0.1, -0.05) is 42.5 Å². The zero-order valence-corrected chi connectivity index (χ0v) is 10.7. The third kappa shape index (κ3) is 2.28. The molecule has 0 saturated carbocycles. The Labute approximate surface area is 120 Å². The third-order valence-electron chi connectivity index (χ3n) is 2.81. The maximum atomic E-state index is 12.0. The monoisotopic (exact) mass is 301 g/mol. The van der Waals surface area contributed by atoms with Crippen molar-refractivity contribution in [2.24, 2.45) is 0 Å².